The van der Waals surface area contributed by atoms with Crippen LogP contribution in [0.1, 0.15) is 67.7 Å². The van der Waals surface area contributed by atoms with Crippen molar-refractivity contribution in [2.75, 3.05) is 20.1 Å². The number of fused-ring (bicyclic) bond motifs is 1. The minimum absolute atomic E-state index is 0.0682. The van der Waals surface area contributed by atoms with E-state index in [1.165, 1.54) is 9.80 Å². The summed E-state index contributed by atoms with van der Waals surface area (Å²) in [5.74, 6) is -3.21. The zero-order chi connectivity index (χ0) is 32.6. The number of nitrogens with two attached hydrogens (primary N) is 1. The van der Waals surface area contributed by atoms with Crippen LogP contribution in [0.25, 0.3) is 0 Å². The number of urea groups is 1. The molecule has 6 amide bonds. The van der Waals surface area contributed by atoms with Crippen molar-refractivity contribution >= 4 is 35.4 Å². The average Bonchev–Trinajstić information content (AvgIpc) is 3.75. The molecule has 2 saturated carbocycles. The molecule has 3 aliphatic rings. The van der Waals surface area contributed by atoms with Gasteiger partial charge in [0.25, 0.3) is 5.91 Å². The molecule has 5 N–H and O–H groups in total. The first-order chi connectivity index (χ1) is 19.8. The number of rotatable bonds is 13. The molecule has 12 heteroatoms. The van der Waals surface area contributed by atoms with Gasteiger partial charge in [-0.2, -0.15) is 0 Å². The monoisotopic (exact) mass is 602 g/mol. The van der Waals surface area contributed by atoms with Gasteiger partial charge in [0.1, 0.15) is 18.1 Å². The number of likely N-dealkylation sites (N-methyl/N-ethyl adjacent to an activating group) is 1. The number of carbonyl (C=O) groups is 6. The van der Waals surface area contributed by atoms with Crippen LogP contribution in [0.4, 0.5) is 4.79 Å². The number of primary amides is 1. The lowest BCUT2D eigenvalue weighted by atomic mass is 9.85. The zero-order valence-electron chi connectivity index (χ0n) is 26.9. The van der Waals surface area contributed by atoms with Crippen molar-refractivity contribution in [1.29, 1.82) is 0 Å². The van der Waals surface area contributed by atoms with Crippen LogP contribution in [0, 0.1) is 34.5 Å². The summed E-state index contributed by atoms with van der Waals surface area (Å²) in [5, 5.41) is 8.27. The fourth-order valence-electron chi connectivity index (χ4n) is 6.32. The fourth-order valence-corrected chi connectivity index (χ4v) is 6.32. The van der Waals surface area contributed by atoms with E-state index in [-0.39, 0.29) is 35.0 Å². The van der Waals surface area contributed by atoms with Gasteiger partial charge >= 0.3 is 6.03 Å². The highest BCUT2D eigenvalue weighted by Gasteiger charge is 2.70. The predicted octanol–water partition coefficient (Wildman–Crippen LogP) is 1.19. The van der Waals surface area contributed by atoms with Crippen molar-refractivity contribution in [1.82, 2.24) is 25.8 Å². The van der Waals surface area contributed by atoms with E-state index >= 15 is 0 Å². The molecule has 2 aliphatic carbocycles. The van der Waals surface area contributed by atoms with Crippen LogP contribution in [0.5, 0.6) is 0 Å². The third-order valence-corrected chi connectivity index (χ3v) is 9.29. The van der Waals surface area contributed by atoms with Crippen LogP contribution in [-0.4, -0.2) is 89.5 Å². The normalized spacial score (nSPS) is 24.2. The smallest absolute Gasteiger partial charge is 0.316 e. The molecular weight excluding hydrogens is 552 g/mol. The number of amides is 6. The first-order valence-corrected chi connectivity index (χ1v) is 15.2. The molecule has 0 radical (unpaired) electrons. The Balaban J connectivity index is 1.81. The SMILES string of the molecule is C=CCN(C)C(=O)[C@@H](NC(=O)N[C@H](C(=O)N1C[C@H]2[C@@H]([C@H]1C(=O)N[C@@H](CC1CC1)C(=O)C(N)=O)C2(C)C)C(C)(C)C)C(C)C. The Bertz CT molecular complexity index is 1160. The van der Waals surface area contributed by atoms with E-state index < -0.39 is 59.1 Å². The molecule has 12 nitrogen and oxygen atoms in total. The van der Waals surface area contributed by atoms with Crippen LogP contribution in [0.15, 0.2) is 12.7 Å². The molecule has 0 bridgehead atoms. The maximum Gasteiger partial charge on any atom is 0.316 e. The number of piperidine rings is 1. The number of carbonyl (C=O) groups excluding carboxylic acids is 6. The highest BCUT2D eigenvalue weighted by molar-refractivity contribution is 6.37. The molecule has 0 unspecified atom stereocenters. The summed E-state index contributed by atoms with van der Waals surface area (Å²) in [4.78, 5) is 81.4. The van der Waals surface area contributed by atoms with Gasteiger partial charge in [0.05, 0.1) is 6.04 Å². The number of hydrogen-bond donors (Lipinski definition) is 4. The van der Waals surface area contributed by atoms with E-state index in [1.54, 1.807) is 13.1 Å². The molecule has 3 rings (SSSR count). The summed E-state index contributed by atoms with van der Waals surface area (Å²) >= 11 is 0. The third kappa shape index (κ3) is 7.56. The van der Waals surface area contributed by atoms with Crippen LogP contribution >= 0.6 is 0 Å². The first kappa shape index (κ1) is 34.1. The molecule has 1 heterocycles. The van der Waals surface area contributed by atoms with Gasteiger partial charge in [-0.05, 0) is 40.9 Å². The van der Waals surface area contributed by atoms with E-state index in [1.807, 2.05) is 48.5 Å². The van der Waals surface area contributed by atoms with E-state index in [9.17, 15) is 28.8 Å². The van der Waals surface area contributed by atoms with Gasteiger partial charge in [-0.25, -0.2) is 4.79 Å². The third-order valence-electron chi connectivity index (χ3n) is 9.29. The Labute approximate surface area is 254 Å². The highest BCUT2D eigenvalue weighted by Crippen LogP contribution is 2.65. The molecule has 6 atom stereocenters. The Morgan fingerprint density at radius 1 is 1.07 bits per heavy atom. The molecule has 1 saturated heterocycles. The molecule has 3 fully saturated rings. The molecule has 0 aromatic heterocycles. The predicted molar refractivity (Wildman–Crippen MR) is 161 cm³/mol. The molecule has 43 heavy (non-hydrogen) atoms. The molecule has 0 spiro atoms. The van der Waals surface area contributed by atoms with Gasteiger partial charge in [-0.3, -0.25) is 24.0 Å². The van der Waals surface area contributed by atoms with Crippen LogP contribution in [0.2, 0.25) is 0 Å². The van der Waals surface area contributed by atoms with Crippen LogP contribution in [-0.2, 0) is 24.0 Å². The number of likely N-dealkylation sites (tertiary alicyclic amines) is 1. The van der Waals surface area contributed by atoms with Crippen molar-refractivity contribution in [2.45, 2.75) is 91.9 Å². The first-order valence-electron chi connectivity index (χ1n) is 15.2. The second-order valence-electron chi connectivity index (χ2n) is 14.5. The van der Waals surface area contributed by atoms with Gasteiger partial charge in [-0.15, -0.1) is 6.58 Å². The minimum atomic E-state index is -1.10. The van der Waals surface area contributed by atoms with Gasteiger partial charge in [0.2, 0.25) is 23.5 Å². The maximum atomic E-state index is 14.2. The Morgan fingerprint density at radius 2 is 1.67 bits per heavy atom. The van der Waals surface area contributed by atoms with Crippen molar-refractivity contribution < 1.29 is 28.8 Å². The lowest BCUT2D eigenvalue weighted by molar-refractivity contribution is -0.145. The van der Waals surface area contributed by atoms with Gasteiger partial charge in [-0.1, -0.05) is 67.4 Å². The van der Waals surface area contributed by atoms with Crippen molar-refractivity contribution in [2.24, 2.45) is 40.2 Å². The van der Waals surface area contributed by atoms with Crippen molar-refractivity contribution in [3.8, 4) is 0 Å². The number of ketones is 1. The van der Waals surface area contributed by atoms with E-state index in [0.29, 0.717) is 19.5 Å². The van der Waals surface area contributed by atoms with Crippen molar-refractivity contribution in [3.63, 3.8) is 0 Å². The Hall–Kier alpha value is -3.44. The molecule has 1 aliphatic heterocycles. The molecular formula is C31H50N6O6. The summed E-state index contributed by atoms with van der Waals surface area (Å²) in [5.41, 5.74) is 4.34. The summed E-state index contributed by atoms with van der Waals surface area (Å²) in [6.07, 6.45) is 3.75. The largest absolute Gasteiger partial charge is 0.363 e. The number of Topliss-reactive ketones (excluding diaryl/α,β-unsaturated/α-hetero) is 1. The highest BCUT2D eigenvalue weighted by atomic mass is 16.2. The van der Waals surface area contributed by atoms with Crippen LogP contribution < -0.4 is 21.7 Å². The van der Waals surface area contributed by atoms with Crippen molar-refractivity contribution in [3.05, 3.63) is 12.7 Å². The summed E-state index contributed by atoms with van der Waals surface area (Å²) < 4.78 is 0. The van der Waals surface area contributed by atoms with Gasteiger partial charge < -0.3 is 31.5 Å². The summed E-state index contributed by atoms with van der Waals surface area (Å²) in [6.45, 7) is 17.4. The van der Waals surface area contributed by atoms with Crippen LogP contribution in [0.3, 0.4) is 0 Å². The second-order valence-corrected chi connectivity index (χ2v) is 14.5. The quantitative estimate of drug-likeness (QED) is 0.182. The Kier molecular flexibility index (Phi) is 10.0. The lowest BCUT2D eigenvalue weighted by Gasteiger charge is -2.38. The number of nitrogens with one attached hydrogen (secondary N) is 3. The van der Waals surface area contributed by atoms with Gasteiger partial charge in [0, 0.05) is 20.1 Å². The van der Waals surface area contributed by atoms with Gasteiger partial charge in [0.15, 0.2) is 0 Å². The number of hydrogen-bond acceptors (Lipinski definition) is 6. The average molecular weight is 603 g/mol. The van der Waals surface area contributed by atoms with E-state index in [4.69, 9.17) is 5.73 Å². The maximum absolute atomic E-state index is 14.2. The topological polar surface area (TPSA) is 171 Å². The zero-order valence-corrected chi connectivity index (χ0v) is 26.9. The molecule has 0 aromatic carbocycles. The Morgan fingerprint density at radius 3 is 2.16 bits per heavy atom. The summed E-state index contributed by atoms with van der Waals surface area (Å²) in [6, 6.07) is -4.43. The summed E-state index contributed by atoms with van der Waals surface area (Å²) in [7, 11) is 1.62. The number of nitrogens with zero attached hydrogens (tertiary/aromatic N) is 2. The standard InChI is InChI=1S/C31H50N6O6/c1-10-13-36(9)27(41)21(16(2)3)34-29(43)35-24(30(4,5)6)28(42)37-15-18-20(31(18,7)8)22(37)26(40)33-19(14-17-11-12-17)23(38)25(32)39/h10,16-22,24H,1,11-15H2,2-9H3,(H2,32,39)(H,33,40)(H2,34,35,43)/t18-,19-,20-,21-,22-,24+/m0/s1. The molecule has 0 aromatic rings. The van der Waals surface area contributed by atoms with E-state index in [2.05, 4.69) is 22.5 Å². The lowest BCUT2D eigenvalue weighted by Crippen LogP contribution is -2.62. The second kappa shape index (κ2) is 12.7. The molecule has 240 valence electrons. The van der Waals surface area contributed by atoms with E-state index in [0.717, 1.165) is 12.8 Å². The minimum Gasteiger partial charge on any atom is -0.363 e. The fraction of sp³-hybridized carbons (Fsp3) is 0.742.